The van der Waals surface area contributed by atoms with E-state index in [-0.39, 0.29) is 0 Å². The van der Waals surface area contributed by atoms with Gasteiger partial charge in [0.05, 0.1) is 6.34 Å². The zero-order valence-electron chi connectivity index (χ0n) is 6.02. The fourth-order valence-electron chi connectivity index (χ4n) is 1.09. The number of fused-ring (bicyclic) bond motifs is 1. The summed E-state index contributed by atoms with van der Waals surface area (Å²) in [5.41, 5.74) is 0.0139. The minimum atomic E-state index is -0.625. The van der Waals surface area contributed by atoms with E-state index in [1.54, 1.807) is 12.5 Å². The van der Waals surface area contributed by atoms with Crippen LogP contribution in [-0.4, -0.2) is 28.6 Å². The molecule has 1 atom stereocenters. The Morgan fingerprint density at radius 2 is 2.45 bits per heavy atom. The van der Waals surface area contributed by atoms with Crippen LogP contribution in [0.3, 0.4) is 0 Å². The smallest absolute Gasteiger partial charge is 0.194 e. The summed E-state index contributed by atoms with van der Waals surface area (Å²) >= 11 is 0. The summed E-state index contributed by atoms with van der Waals surface area (Å²) in [6.07, 6.45) is 4.57. The van der Waals surface area contributed by atoms with E-state index in [1.165, 1.54) is 6.34 Å². The van der Waals surface area contributed by atoms with Gasteiger partial charge in [-0.1, -0.05) is 0 Å². The van der Waals surface area contributed by atoms with E-state index >= 15 is 0 Å². The molecule has 0 bridgehead atoms. The van der Waals surface area contributed by atoms with Crippen LogP contribution < -0.4 is 5.32 Å². The van der Waals surface area contributed by atoms with Gasteiger partial charge in [-0.05, 0) is 6.92 Å². The quantitative estimate of drug-likeness (QED) is 0.510. The maximum Gasteiger partial charge on any atom is 0.194 e. The van der Waals surface area contributed by atoms with Crippen LogP contribution in [0.2, 0.25) is 0 Å². The third-order valence-corrected chi connectivity index (χ3v) is 1.76. The number of hydrogen-bond donors (Lipinski definition) is 2. The highest BCUT2D eigenvalue weighted by molar-refractivity contribution is 5.68. The standard InChI is InChI=1S/C6H8N4O/c1-6-5(2-7-3-8-6)10(11)4-9-6/h2-4,11H,1H3,(H,7,8). The summed E-state index contributed by atoms with van der Waals surface area (Å²) in [4.78, 5) is 8.09. The summed E-state index contributed by atoms with van der Waals surface area (Å²) < 4.78 is 0. The molecular weight excluding hydrogens is 144 g/mol. The first-order valence-electron chi connectivity index (χ1n) is 3.26. The molecule has 2 heterocycles. The Labute approximate surface area is 63.7 Å². The number of rotatable bonds is 0. The lowest BCUT2D eigenvalue weighted by molar-refractivity contribution is 0.0254. The first-order valence-corrected chi connectivity index (χ1v) is 3.26. The van der Waals surface area contributed by atoms with Crippen LogP contribution in [0.25, 0.3) is 0 Å². The summed E-state index contributed by atoms with van der Waals surface area (Å²) in [6.45, 7) is 1.82. The largest absolute Gasteiger partial charge is 0.351 e. The number of aliphatic imine (C=N–C) groups is 2. The van der Waals surface area contributed by atoms with Crippen molar-refractivity contribution in [2.24, 2.45) is 9.98 Å². The Morgan fingerprint density at radius 1 is 1.64 bits per heavy atom. The van der Waals surface area contributed by atoms with Crippen molar-refractivity contribution in [3.05, 3.63) is 11.9 Å². The Hall–Kier alpha value is -1.36. The molecule has 0 aromatic rings. The maximum absolute atomic E-state index is 9.19. The summed E-state index contributed by atoms with van der Waals surface area (Å²) in [6, 6.07) is 0. The summed E-state index contributed by atoms with van der Waals surface area (Å²) in [5.74, 6) is 0. The number of hydroxylamine groups is 2. The SMILES string of the molecule is CC12N=CNC=C1N(O)C=N2. The molecule has 5 heteroatoms. The monoisotopic (exact) mass is 152 g/mol. The first kappa shape index (κ1) is 6.36. The van der Waals surface area contributed by atoms with Crippen molar-refractivity contribution in [3.8, 4) is 0 Å². The number of nitrogens with one attached hydrogen (secondary N) is 1. The van der Waals surface area contributed by atoms with Gasteiger partial charge in [0, 0.05) is 6.20 Å². The lowest BCUT2D eigenvalue weighted by atomic mass is 10.1. The first-order chi connectivity index (χ1) is 5.22. The fraction of sp³-hybridized carbons (Fsp3) is 0.333. The molecule has 0 aromatic heterocycles. The third kappa shape index (κ3) is 0.743. The molecule has 0 saturated heterocycles. The van der Waals surface area contributed by atoms with Crippen molar-refractivity contribution in [1.82, 2.24) is 10.4 Å². The van der Waals surface area contributed by atoms with E-state index in [4.69, 9.17) is 0 Å². The van der Waals surface area contributed by atoms with Gasteiger partial charge in [0.1, 0.15) is 12.0 Å². The molecule has 0 amide bonds. The normalized spacial score (nSPS) is 33.3. The van der Waals surface area contributed by atoms with Gasteiger partial charge in [-0.3, -0.25) is 5.21 Å². The number of nitrogens with zero attached hydrogens (tertiary/aromatic N) is 3. The van der Waals surface area contributed by atoms with Gasteiger partial charge < -0.3 is 5.32 Å². The van der Waals surface area contributed by atoms with Crippen molar-refractivity contribution >= 4 is 12.7 Å². The maximum atomic E-state index is 9.19. The molecule has 11 heavy (non-hydrogen) atoms. The molecule has 0 radical (unpaired) electrons. The van der Waals surface area contributed by atoms with Crippen LogP contribution in [0.4, 0.5) is 0 Å². The van der Waals surface area contributed by atoms with Crippen LogP contribution >= 0.6 is 0 Å². The van der Waals surface area contributed by atoms with E-state index in [1.807, 2.05) is 6.92 Å². The molecule has 2 N–H and O–H groups in total. The number of hydrogen-bond acceptors (Lipinski definition) is 5. The van der Waals surface area contributed by atoms with Gasteiger partial charge in [-0.15, -0.1) is 0 Å². The van der Waals surface area contributed by atoms with Crippen LogP contribution in [0.15, 0.2) is 21.9 Å². The minimum Gasteiger partial charge on any atom is -0.351 e. The molecule has 0 saturated carbocycles. The van der Waals surface area contributed by atoms with Crippen LogP contribution in [-0.2, 0) is 0 Å². The predicted octanol–water partition coefficient (Wildman–Crippen LogP) is -0.0914. The van der Waals surface area contributed by atoms with Crippen molar-refractivity contribution in [1.29, 1.82) is 0 Å². The van der Waals surface area contributed by atoms with E-state index in [0.29, 0.717) is 5.70 Å². The van der Waals surface area contributed by atoms with Crippen LogP contribution in [0.5, 0.6) is 0 Å². The van der Waals surface area contributed by atoms with E-state index in [9.17, 15) is 5.21 Å². The minimum absolute atomic E-state index is 0.625. The molecule has 5 nitrogen and oxygen atoms in total. The van der Waals surface area contributed by atoms with Crippen LogP contribution in [0, 0.1) is 0 Å². The Kier molecular flexibility index (Phi) is 1.05. The predicted molar refractivity (Wildman–Crippen MR) is 40.2 cm³/mol. The van der Waals surface area contributed by atoms with Gasteiger partial charge in [-0.25, -0.2) is 15.0 Å². The lowest BCUT2D eigenvalue weighted by Crippen LogP contribution is -2.31. The second-order valence-electron chi connectivity index (χ2n) is 2.56. The zero-order valence-corrected chi connectivity index (χ0v) is 6.02. The van der Waals surface area contributed by atoms with Gasteiger partial charge >= 0.3 is 0 Å². The average Bonchev–Trinajstić information content (AvgIpc) is 2.29. The fourth-order valence-corrected chi connectivity index (χ4v) is 1.09. The van der Waals surface area contributed by atoms with Crippen molar-refractivity contribution in [2.75, 3.05) is 0 Å². The van der Waals surface area contributed by atoms with Crippen molar-refractivity contribution < 1.29 is 5.21 Å². The second kappa shape index (κ2) is 1.82. The molecular formula is C6H8N4O. The molecule has 2 aliphatic heterocycles. The van der Waals surface area contributed by atoms with Crippen molar-refractivity contribution in [3.63, 3.8) is 0 Å². The van der Waals surface area contributed by atoms with Crippen LogP contribution in [0.1, 0.15) is 6.92 Å². The molecule has 2 aliphatic rings. The summed E-state index contributed by atoms with van der Waals surface area (Å²) in [7, 11) is 0. The molecule has 0 fully saturated rings. The Bertz CT molecular complexity index is 270. The highest BCUT2D eigenvalue weighted by Crippen LogP contribution is 2.29. The third-order valence-electron chi connectivity index (χ3n) is 1.76. The molecule has 0 aromatic carbocycles. The van der Waals surface area contributed by atoms with E-state index in [0.717, 1.165) is 5.06 Å². The average molecular weight is 152 g/mol. The van der Waals surface area contributed by atoms with Gasteiger partial charge in [0.2, 0.25) is 0 Å². The Morgan fingerprint density at radius 3 is 3.18 bits per heavy atom. The topological polar surface area (TPSA) is 60.2 Å². The molecule has 58 valence electrons. The van der Waals surface area contributed by atoms with Gasteiger partial charge in [0.15, 0.2) is 5.66 Å². The van der Waals surface area contributed by atoms with Crippen molar-refractivity contribution in [2.45, 2.75) is 12.6 Å². The van der Waals surface area contributed by atoms with Gasteiger partial charge in [-0.2, -0.15) is 0 Å². The second-order valence-corrected chi connectivity index (χ2v) is 2.56. The van der Waals surface area contributed by atoms with E-state index in [2.05, 4.69) is 15.3 Å². The highest BCUT2D eigenvalue weighted by atomic mass is 16.5. The molecule has 0 spiro atoms. The zero-order chi connectivity index (χ0) is 7.90. The van der Waals surface area contributed by atoms with E-state index < -0.39 is 5.66 Å². The molecule has 0 aliphatic carbocycles. The Balaban J connectivity index is 2.43. The van der Waals surface area contributed by atoms with Gasteiger partial charge in [0.25, 0.3) is 0 Å². The summed E-state index contributed by atoms with van der Waals surface area (Å²) in [5, 5.41) is 12.9. The highest BCUT2D eigenvalue weighted by Gasteiger charge is 2.36. The molecule has 2 rings (SSSR count). The molecule has 1 unspecified atom stereocenters. The lowest BCUT2D eigenvalue weighted by Gasteiger charge is -2.22.